The molecule has 3 rings (SSSR count). The van der Waals surface area contributed by atoms with Gasteiger partial charge in [-0.2, -0.15) is 0 Å². The second-order valence-electron chi connectivity index (χ2n) is 7.18. The first-order chi connectivity index (χ1) is 14.1. The Bertz CT molecular complexity index is 795. The predicted octanol–water partition coefficient (Wildman–Crippen LogP) is 2.81. The topological polar surface area (TPSA) is 65.1 Å². The van der Waals surface area contributed by atoms with Crippen LogP contribution in [0.1, 0.15) is 17.5 Å². The molecule has 0 saturated carbocycles. The number of carbonyl (C=O) groups is 2. The molecule has 29 heavy (non-hydrogen) atoms. The average molecular weight is 397 g/mol. The van der Waals surface area contributed by atoms with Crippen molar-refractivity contribution in [3.8, 4) is 0 Å². The maximum Gasteiger partial charge on any atom is 0.324 e. The number of ether oxygens (including phenoxy) is 3. The molecule has 0 unspecified atom stereocenters. The maximum atomic E-state index is 13.1. The highest BCUT2D eigenvalue weighted by atomic mass is 16.5. The number of hydrogen-bond acceptors (Lipinski definition) is 6. The number of methoxy groups -OCH3 is 2. The Hall–Kier alpha value is -2.70. The van der Waals surface area contributed by atoms with Gasteiger partial charge in [-0.1, -0.05) is 60.7 Å². The molecular weight excluding hydrogens is 370 g/mol. The number of carbonyl (C=O) groups excluding carboxylic acids is 2. The molecule has 2 aromatic rings. The zero-order chi connectivity index (χ0) is 20.6. The number of hydrogen-bond donors (Lipinski definition) is 0. The highest BCUT2D eigenvalue weighted by molar-refractivity contribution is 5.85. The molecule has 0 aliphatic carbocycles. The molecule has 1 saturated heterocycles. The lowest BCUT2D eigenvalue weighted by Crippen LogP contribution is -2.57. The van der Waals surface area contributed by atoms with E-state index in [2.05, 4.69) is 0 Å². The first kappa shape index (κ1) is 21.0. The lowest BCUT2D eigenvalue weighted by Gasteiger charge is -2.41. The third kappa shape index (κ3) is 5.43. The minimum absolute atomic E-state index is 0.164. The van der Waals surface area contributed by atoms with Gasteiger partial charge in [0, 0.05) is 20.2 Å². The van der Waals surface area contributed by atoms with Crippen LogP contribution in [-0.4, -0.2) is 49.7 Å². The summed E-state index contributed by atoms with van der Waals surface area (Å²) in [4.78, 5) is 27.5. The molecule has 3 atom stereocenters. The SMILES string of the molecule is COC(=O)[C@H]1C[C@H](OC)CN(Cc2ccccc2)[C@@H]1C(=O)OCc1ccccc1. The highest BCUT2D eigenvalue weighted by Crippen LogP contribution is 2.29. The summed E-state index contributed by atoms with van der Waals surface area (Å²) in [6.07, 6.45) is 0.250. The van der Waals surface area contributed by atoms with Gasteiger partial charge in [0.2, 0.25) is 0 Å². The van der Waals surface area contributed by atoms with Gasteiger partial charge in [0.05, 0.1) is 19.1 Å². The summed E-state index contributed by atoms with van der Waals surface area (Å²) in [6.45, 7) is 1.21. The molecule has 154 valence electrons. The quantitative estimate of drug-likeness (QED) is 0.670. The van der Waals surface area contributed by atoms with E-state index >= 15 is 0 Å². The summed E-state index contributed by atoms with van der Waals surface area (Å²) in [5, 5.41) is 0. The van der Waals surface area contributed by atoms with Crippen molar-refractivity contribution < 1.29 is 23.8 Å². The lowest BCUT2D eigenvalue weighted by molar-refractivity contribution is -0.169. The van der Waals surface area contributed by atoms with Crippen molar-refractivity contribution in [1.29, 1.82) is 0 Å². The normalized spacial score (nSPS) is 22.1. The van der Waals surface area contributed by atoms with Crippen molar-refractivity contribution in [1.82, 2.24) is 4.90 Å². The van der Waals surface area contributed by atoms with Crippen LogP contribution in [0.2, 0.25) is 0 Å². The van der Waals surface area contributed by atoms with Crippen LogP contribution in [0.4, 0.5) is 0 Å². The number of likely N-dealkylation sites (tertiary alicyclic amines) is 1. The molecule has 0 radical (unpaired) electrons. The number of nitrogens with zero attached hydrogens (tertiary/aromatic N) is 1. The van der Waals surface area contributed by atoms with Crippen LogP contribution in [0.3, 0.4) is 0 Å². The van der Waals surface area contributed by atoms with E-state index in [-0.39, 0.29) is 12.7 Å². The predicted molar refractivity (Wildman–Crippen MR) is 108 cm³/mol. The summed E-state index contributed by atoms with van der Waals surface area (Å²) in [7, 11) is 2.96. The molecule has 0 spiro atoms. The fraction of sp³-hybridized carbons (Fsp3) is 0.391. The molecule has 0 aromatic heterocycles. The van der Waals surface area contributed by atoms with Crippen molar-refractivity contribution in [3.05, 3.63) is 71.8 Å². The zero-order valence-electron chi connectivity index (χ0n) is 16.8. The van der Waals surface area contributed by atoms with Gasteiger partial charge in [0.15, 0.2) is 0 Å². The monoisotopic (exact) mass is 397 g/mol. The van der Waals surface area contributed by atoms with E-state index in [4.69, 9.17) is 14.2 Å². The van der Waals surface area contributed by atoms with E-state index in [1.54, 1.807) is 7.11 Å². The maximum absolute atomic E-state index is 13.1. The van der Waals surface area contributed by atoms with E-state index in [1.165, 1.54) is 7.11 Å². The van der Waals surface area contributed by atoms with Gasteiger partial charge in [-0.15, -0.1) is 0 Å². The molecule has 1 aliphatic rings. The molecule has 1 fully saturated rings. The summed E-state index contributed by atoms with van der Waals surface area (Å²) in [5.41, 5.74) is 1.95. The molecule has 1 heterocycles. The van der Waals surface area contributed by atoms with Gasteiger partial charge in [-0.05, 0) is 17.5 Å². The van der Waals surface area contributed by atoms with Crippen LogP contribution in [0, 0.1) is 5.92 Å². The zero-order valence-corrected chi connectivity index (χ0v) is 16.8. The van der Waals surface area contributed by atoms with E-state index in [0.717, 1.165) is 11.1 Å². The summed E-state index contributed by atoms with van der Waals surface area (Å²) < 4.78 is 16.1. The Morgan fingerprint density at radius 1 is 0.931 bits per heavy atom. The summed E-state index contributed by atoms with van der Waals surface area (Å²) in [6, 6.07) is 18.6. The van der Waals surface area contributed by atoms with Gasteiger partial charge in [0.25, 0.3) is 0 Å². The van der Waals surface area contributed by atoms with Crippen LogP contribution in [0.25, 0.3) is 0 Å². The van der Waals surface area contributed by atoms with E-state index in [1.807, 2.05) is 65.6 Å². The van der Waals surface area contributed by atoms with Crippen molar-refractivity contribution in [3.63, 3.8) is 0 Å². The average Bonchev–Trinajstić information content (AvgIpc) is 2.77. The van der Waals surface area contributed by atoms with Crippen LogP contribution in [-0.2, 0) is 37.0 Å². The molecule has 2 aromatic carbocycles. The van der Waals surface area contributed by atoms with Crippen LogP contribution in [0.5, 0.6) is 0 Å². The second kappa shape index (κ2) is 10.2. The van der Waals surface area contributed by atoms with Crippen molar-refractivity contribution in [2.75, 3.05) is 20.8 Å². The molecule has 6 heteroatoms. The first-order valence-corrected chi connectivity index (χ1v) is 9.71. The van der Waals surface area contributed by atoms with Gasteiger partial charge in [-0.3, -0.25) is 14.5 Å². The number of benzene rings is 2. The Morgan fingerprint density at radius 3 is 2.14 bits per heavy atom. The van der Waals surface area contributed by atoms with E-state index < -0.39 is 23.9 Å². The minimum atomic E-state index is -0.724. The van der Waals surface area contributed by atoms with Crippen molar-refractivity contribution in [2.45, 2.75) is 31.7 Å². The smallest absolute Gasteiger partial charge is 0.324 e. The Kier molecular flexibility index (Phi) is 7.38. The van der Waals surface area contributed by atoms with Crippen LogP contribution in [0.15, 0.2) is 60.7 Å². The third-order valence-electron chi connectivity index (χ3n) is 5.26. The summed E-state index contributed by atoms with van der Waals surface area (Å²) in [5.74, 6) is -1.49. The Labute approximate surface area is 171 Å². The van der Waals surface area contributed by atoms with E-state index in [9.17, 15) is 9.59 Å². The van der Waals surface area contributed by atoms with Gasteiger partial charge >= 0.3 is 11.9 Å². The summed E-state index contributed by atoms with van der Waals surface area (Å²) >= 11 is 0. The molecule has 1 aliphatic heterocycles. The second-order valence-corrected chi connectivity index (χ2v) is 7.18. The number of esters is 2. The molecule has 0 bridgehead atoms. The number of rotatable bonds is 7. The number of piperidine rings is 1. The van der Waals surface area contributed by atoms with E-state index in [0.29, 0.717) is 19.5 Å². The lowest BCUT2D eigenvalue weighted by atomic mass is 9.87. The molecule has 0 N–H and O–H groups in total. The van der Waals surface area contributed by atoms with Gasteiger partial charge in [-0.25, -0.2) is 0 Å². The Morgan fingerprint density at radius 2 is 1.55 bits per heavy atom. The Balaban J connectivity index is 1.82. The molecule has 0 amide bonds. The standard InChI is InChI=1S/C23H27NO5/c1-27-19-13-20(22(25)28-2)21(23(26)29-16-18-11-7-4-8-12-18)24(15-19)14-17-9-5-3-6-10-17/h3-12,19-21H,13-16H2,1-2H3/t19-,20-,21-/m0/s1. The highest BCUT2D eigenvalue weighted by Gasteiger charge is 2.45. The largest absolute Gasteiger partial charge is 0.469 e. The minimum Gasteiger partial charge on any atom is -0.469 e. The first-order valence-electron chi connectivity index (χ1n) is 9.71. The van der Waals surface area contributed by atoms with Crippen LogP contribution >= 0.6 is 0 Å². The third-order valence-corrected chi connectivity index (χ3v) is 5.26. The van der Waals surface area contributed by atoms with Gasteiger partial charge in [0.1, 0.15) is 12.6 Å². The fourth-order valence-corrected chi connectivity index (χ4v) is 3.77. The molecular formula is C23H27NO5. The molecule has 6 nitrogen and oxygen atoms in total. The van der Waals surface area contributed by atoms with Crippen LogP contribution < -0.4 is 0 Å². The van der Waals surface area contributed by atoms with Crippen molar-refractivity contribution in [2.24, 2.45) is 5.92 Å². The fourth-order valence-electron chi connectivity index (χ4n) is 3.77. The van der Waals surface area contributed by atoms with Gasteiger partial charge < -0.3 is 14.2 Å². The van der Waals surface area contributed by atoms with Crippen molar-refractivity contribution >= 4 is 11.9 Å².